The van der Waals surface area contributed by atoms with Crippen LogP contribution in [0.4, 0.5) is 0 Å². The highest BCUT2D eigenvalue weighted by Gasteiger charge is 2.19. The number of hydrogen-bond acceptors (Lipinski definition) is 1. The van der Waals surface area contributed by atoms with E-state index in [0.717, 1.165) is 12.0 Å². The molecule has 0 aromatic heterocycles. The maximum absolute atomic E-state index is 9.92. The van der Waals surface area contributed by atoms with E-state index in [9.17, 15) is 5.11 Å². The van der Waals surface area contributed by atoms with Gasteiger partial charge in [0, 0.05) is 0 Å². The molecule has 1 aromatic carbocycles. The monoisotopic (exact) mass is 164 g/mol. The fourth-order valence-electron chi connectivity index (χ4n) is 1.18. The van der Waals surface area contributed by atoms with Gasteiger partial charge < -0.3 is 5.11 Å². The van der Waals surface area contributed by atoms with Gasteiger partial charge in [-0.1, -0.05) is 36.8 Å². The van der Waals surface area contributed by atoms with Crippen molar-refractivity contribution in [3.8, 4) is 0 Å². The zero-order valence-corrected chi connectivity index (χ0v) is 7.96. The summed E-state index contributed by atoms with van der Waals surface area (Å²) in [6, 6.07) is 8.02. The maximum Gasteiger partial charge on any atom is 0.0866 e. The Balaban J connectivity index is 3.03. The Morgan fingerprint density at radius 3 is 2.58 bits per heavy atom. The molecule has 66 valence electrons. The van der Waals surface area contributed by atoms with Gasteiger partial charge in [-0.25, -0.2) is 0 Å². The summed E-state index contributed by atoms with van der Waals surface area (Å²) < 4.78 is 0. The number of aliphatic hydroxyl groups is 1. The number of benzene rings is 1. The average molecular weight is 164 g/mol. The molecular weight excluding hydrogens is 148 g/mol. The molecule has 0 spiro atoms. The normalized spacial score (nSPS) is 15.7. The first-order chi connectivity index (χ1) is 5.56. The van der Waals surface area contributed by atoms with E-state index in [2.05, 4.69) is 0 Å². The maximum atomic E-state index is 9.92. The summed E-state index contributed by atoms with van der Waals surface area (Å²) in [4.78, 5) is 0. The lowest BCUT2D eigenvalue weighted by molar-refractivity contribution is 0.0530. The third kappa shape index (κ3) is 1.86. The molecule has 0 aliphatic carbocycles. The van der Waals surface area contributed by atoms with E-state index in [1.54, 1.807) is 0 Å². The van der Waals surface area contributed by atoms with Crippen molar-refractivity contribution in [3.05, 3.63) is 35.4 Å². The minimum absolute atomic E-state index is 0.675. The number of rotatable bonds is 2. The van der Waals surface area contributed by atoms with Gasteiger partial charge in [0.25, 0.3) is 0 Å². The van der Waals surface area contributed by atoms with Gasteiger partial charge in [-0.2, -0.15) is 0 Å². The molecule has 0 amide bonds. The Hall–Kier alpha value is -0.820. The third-order valence-corrected chi connectivity index (χ3v) is 2.33. The van der Waals surface area contributed by atoms with Gasteiger partial charge >= 0.3 is 0 Å². The van der Waals surface area contributed by atoms with Crippen molar-refractivity contribution in [2.75, 3.05) is 0 Å². The summed E-state index contributed by atoms with van der Waals surface area (Å²) >= 11 is 0. The summed E-state index contributed by atoms with van der Waals surface area (Å²) in [5.74, 6) is 0. The molecule has 1 aromatic rings. The van der Waals surface area contributed by atoms with Crippen molar-refractivity contribution < 1.29 is 5.11 Å². The highest BCUT2D eigenvalue weighted by Crippen LogP contribution is 2.24. The van der Waals surface area contributed by atoms with E-state index < -0.39 is 5.60 Å². The Kier molecular flexibility index (Phi) is 2.53. The molecule has 0 aliphatic heterocycles. The van der Waals surface area contributed by atoms with Crippen LogP contribution in [-0.4, -0.2) is 5.11 Å². The molecule has 0 radical (unpaired) electrons. The topological polar surface area (TPSA) is 20.2 Å². The second-order valence-electron chi connectivity index (χ2n) is 3.50. The first-order valence-electron chi connectivity index (χ1n) is 4.36. The lowest BCUT2D eigenvalue weighted by atomic mass is 9.92. The van der Waals surface area contributed by atoms with Crippen LogP contribution in [-0.2, 0) is 5.60 Å². The fraction of sp³-hybridized carbons (Fsp3) is 0.455. The molecule has 1 N–H and O–H groups in total. The molecule has 1 nitrogen and oxygen atoms in total. The van der Waals surface area contributed by atoms with Crippen LogP contribution in [0.2, 0.25) is 0 Å². The van der Waals surface area contributed by atoms with Crippen LogP contribution >= 0.6 is 0 Å². The quantitative estimate of drug-likeness (QED) is 0.712. The van der Waals surface area contributed by atoms with Crippen molar-refractivity contribution in [2.24, 2.45) is 0 Å². The second-order valence-corrected chi connectivity index (χ2v) is 3.50. The SMILES string of the molecule is CC[C@@](C)(O)c1cccc(C)c1. The average Bonchev–Trinajstić information content (AvgIpc) is 2.05. The van der Waals surface area contributed by atoms with Crippen LogP contribution in [0.5, 0.6) is 0 Å². The van der Waals surface area contributed by atoms with Crippen LogP contribution < -0.4 is 0 Å². The van der Waals surface area contributed by atoms with Gasteiger partial charge in [-0.05, 0) is 25.8 Å². The Morgan fingerprint density at radius 1 is 1.42 bits per heavy atom. The molecule has 0 fully saturated rings. The predicted octanol–water partition coefficient (Wildman–Crippen LogP) is 2.61. The van der Waals surface area contributed by atoms with Crippen molar-refractivity contribution in [3.63, 3.8) is 0 Å². The zero-order valence-electron chi connectivity index (χ0n) is 7.96. The molecule has 1 atom stereocenters. The van der Waals surface area contributed by atoms with E-state index in [1.807, 2.05) is 45.0 Å². The van der Waals surface area contributed by atoms with Crippen molar-refractivity contribution in [1.82, 2.24) is 0 Å². The van der Waals surface area contributed by atoms with Crippen molar-refractivity contribution >= 4 is 0 Å². The minimum atomic E-state index is -0.675. The molecule has 0 unspecified atom stereocenters. The Labute approximate surface area is 74.1 Å². The van der Waals surface area contributed by atoms with Gasteiger partial charge in [0.2, 0.25) is 0 Å². The van der Waals surface area contributed by atoms with Crippen LogP contribution in [0.1, 0.15) is 31.4 Å². The Bertz CT molecular complexity index is 263. The highest BCUT2D eigenvalue weighted by molar-refractivity contribution is 5.26. The largest absolute Gasteiger partial charge is 0.385 e. The standard InChI is InChI=1S/C11H16O/c1-4-11(3,12)10-7-5-6-9(2)8-10/h5-8,12H,4H2,1-3H3/t11-/m1/s1. The summed E-state index contributed by atoms with van der Waals surface area (Å²) in [5, 5.41) is 9.92. The first-order valence-corrected chi connectivity index (χ1v) is 4.36. The van der Waals surface area contributed by atoms with Gasteiger partial charge in [0.15, 0.2) is 0 Å². The van der Waals surface area contributed by atoms with Gasteiger partial charge in [0.05, 0.1) is 5.60 Å². The molecule has 0 aliphatic rings. The molecule has 0 bridgehead atoms. The Morgan fingerprint density at radius 2 is 2.08 bits per heavy atom. The summed E-state index contributed by atoms with van der Waals surface area (Å²) in [5.41, 5.74) is 1.53. The van der Waals surface area contributed by atoms with Crippen LogP contribution in [0, 0.1) is 6.92 Å². The van der Waals surface area contributed by atoms with Gasteiger partial charge in [0.1, 0.15) is 0 Å². The summed E-state index contributed by atoms with van der Waals surface area (Å²) in [6.45, 7) is 5.87. The molecule has 1 heteroatoms. The first kappa shape index (κ1) is 9.27. The van der Waals surface area contributed by atoms with Crippen LogP contribution in [0.3, 0.4) is 0 Å². The third-order valence-electron chi connectivity index (χ3n) is 2.33. The van der Waals surface area contributed by atoms with Crippen molar-refractivity contribution in [2.45, 2.75) is 32.8 Å². The van der Waals surface area contributed by atoms with Gasteiger partial charge in [-0.3, -0.25) is 0 Å². The molecular formula is C11H16O. The highest BCUT2D eigenvalue weighted by atomic mass is 16.3. The number of aryl methyl sites for hydroxylation is 1. The van der Waals surface area contributed by atoms with E-state index in [1.165, 1.54) is 5.56 Å². The van der Waals surface area contributed by atoms with Crippen LogP contribution in [0.25, 0.3) is 0 Å². The second kappa shape index (κ2) is 3.28. The van der Waals surface area contributed by atoms with Crippen LogP contribution in [0.15, 0.2) is 24.3 Å². The summed E-state index contributed by atoms with van der Waals surface area (Å²) in [6.07, 6.45) is 0.746. The molecule has 1 rings (SSSR count). The summed E-state index contributed by atoms with van der Waals surface area (Å²) in [7, 11) is 0. The van der Waals surface area contributed by atoms with E-state index in [4.69, 9.17) is 0 Å². The lowest BCUT2D eigenvalue weighted by Gasteiger charge is -2.22. The molecule has 0 saturated heterocycles. The smallest absolute Gasteiger partial charge is 0.0866 e. The van der Waals surface area contributed by atoms with Crippen molar-refractivity contribution in [1.29, 1.82) is 0 Å². The zero-order chi connectivity index (χ0) is 9.19. The fourth-order valence-corrected chi connectivity index (χ4v) is 1.18. The molecule has 12 heavy (non-hydrogen) atoms. The molecule has 0 saturated carbocycles. The van der Waals surface area contributed by atoms with E-state index in [0.29, 0.717) is 0 Å². The van der Waals surface area contributed by atoms with E-state index in [-0.39, 0.29) is 0 Å². The van der Waals surface area contributed by atoms with E-state index >= 15 is 0 Å². The lowest BCUT2D eigenvalue weighted by Crippen LogP contribution is -2.19. The number of hydrogen-bond donors (Lipinski definition) is 1. The molecule has 0 heterocycles. The minimum Gasteiger partial charge on any atom is -0.385 e. The van der Waals surface area contributed by atoms with Gasteiger partial charge in [-0.15, -0.1) is 0 Å². The predicted molar refractivity (Wildman–Crippen MR) is 51.0 cm³/mol.